The number of aliphatic hydroxyl groups is 1. The van der Waals surface area contributed by atoms with Crippen molar-refractivity contribution in [2.45, 2.75) is 71.8 Å². The molecule has 3 aliphatic rings. The summed E-state index contributed by atoms with van der Waals surface area (Å²) in [4.78, 5) is 0. The zero-order chi connectivity index (χ0) is 11.8. The van der Waals surface area contributed by atoms with E-state index < -0.39 is 5.60 Å². The Labute approximate surface area is 99.6 Å². The van der Waals surface area contributed by atoms with Crippen molar-refractivity contribution in [2.24, 2.45) is 22.2 Å². The third-order valence-corrected chi connectivity index (χ3v) is 6.69. The van der Waals surface area contributed by atoms with Crippen molar-refractivity contribution in [3.8, 4) is 0 Å². The fraction of sp³-hybridized carbons (Fsp3) is 1.00. The predicted molar refractivity (Wildman–Crippen MR) is 66.1 cm³/mol. The van der Waals surface area contributed by atoms with Crippen LogP contribution in [0.25, 0.3) is 0 Å². The third-order valence-electron chi connectivity index (χ3n) is 6.69. The van der Waals surface area contributed by atoms with E-state index in [0.717, 1.165) is 12.3 Å². The molecular formula is C15H26O. The minimum Gasteiger partial charge on any atom is -0.390 e. The van der Waals surface area contributed by atoms with Gasteiger partial charge in [0.05, 0.1) is 5.60 Å². The van der Waals surface area contributed by atoms with Crippen molar-refractivity contribution in [3.63, 3.8) is 0 Å². The Morgan fingerprint density at radius 3 is 2.31 bits per heavy atom. The lowest BCUT2D eigenvalue weighted by Gasteiger charge is -2.70. The maximum Gasteiger partial charge on any atom is 0.0684 e. The van der Waals surface area contributed by atoms with Crippen LogP contribution in [0.15, 0.2) is 0 Å². The van der Waals surface area contributed by atoms with Crippen molar-refractivity contribution in [3.05, 3.63) is 0 Å². The fourth-order valence-electron chi connectivity index (χ4n) is 6.07. The van der Waals surface area contributed by atoms with Crippen molar-refractivity contribution in [2.75, 3.05) is 0 Å². The van der Waals surface area contributed by atoms with E-state index in [1.807, 2.05) is 0 Å². The summed E-state index contributed by atoms with van der Waals surface area (Å²) in [6.45, 7) is 9.38. The molecular weight excluding hydrogens is 196 g/mol. The van der Waals surface area contributed by atoms with Gasteiger partial charge in [0, 0.05) is 5.41 Å². The van der Waals surface area contributed by atoms with Crippen LogP contribution in [-0.2, 0) is 0 Å². The second kappa shape index (κ2) is 2.68. The van der Waals surface area contributed by atoms with Crippen LogP contribution in [0.5, 0.6) is 0 Å². The zero-order valence-electron chi connectivity index (χ0n) is 11.3. The third kappa shape index (κ3) is 0.939. The molecule has 0 amide bonds. The lowest BCUT2D eigenvalue weighted by atomic mass is 9.35. The van der Waals surface area contributed by atoms with Gasteiger partial charge in [-0.2, -0.15) is 0 Å². The second-order valence-electron chi connectivity index (χ2n) is 7.92. The van der Waals surface area contributed by atoms with Crippen molar-refractivity contribution in [1.82, 2.24) is 0 Å². The van der Waals surface area contributed by atoms with E-state index in [0.29, 0.717) is 10.8 Å². The zero-order valence-corrected chi connectivity index (χ0v) is 11.3. The first kappa shape index (κ1) is 11.1. The smallest absolute Gasteiger partial charge is 0.0684 e. The van der Waals surface area contributed by atoms with E-state index in [4.69, 9.17) is 0 Å². The van der Waals surface area contributed by atoms with Gasteiger partial charge < -0.3 is 5.11 Å². The van der Waals surface area contributed by atoms with Crippen LogP contribution in [0.3, 0.4) is 0 Å². The molecule has 3 aliphatic carbocycles. The normalized spacial score (nSPS) is 58.7. The van der Waals surface area contributed by atoms with Crippen molar-refractivity contribution >= 4 is 0 Å². The molecule has 0 radical (unpaired) electrons. The molecule has 4 atom stereocenters. The molecule has 2 unspecified atom stereocenters. The minimum atomic E-state index is -0.406. The molecule has 1 spiro atoms. The highest BCUT2D eigenvalue weighted by Gasteiger charge is 2.75. The Morgan fingerprint density at radius 2 is 1.69 bits per heavy atom. The van der Waals surface area contributed by atoms with Crippen LogP contribution >= 0.6 is 0 Å². The average Bonchev–Trinajstić information content (AvgIpc) is 2.36. The summed E-state index contributed by atoms with van der Waals surface area (Å²) in [7, 11) is 0. The van der Waals surface area contributed by atoms with Gasteiger partial charge in [0.2, 0.25) is 0 Å². The van der Waals surface area contributed by atoms with Crippen LogP contribution in [-0.4, -0.2) is 10.7 Å². The van der Waals surface area contributed by atoms with Crippen molar-refractivity contribution < 1.29 is 5.11 Å². The molecule has 0 heterocycles. The standard InChI is InChI=1S/C15H26O/c1-12(2)10-15-11(12)6-9-13(15,3)7-5-8-14(15,4)16/h11,16H,5-10H2,1-4H3/t11-,13+,14?,15?/m0/s1. The molecule has 0 aliphatic heterocycles. The molecule has 1 nitrogen and oxygen atoms in total. The Kier molecular flexibility index (Phi) is 1.86. The Bertz CT molecular complexity index is 330. The van der Waals surface area contributed by atoms with Crippen molar-refractivity contribution in [1.29, 1.82) is 0 Å². The summed E-state index contributed by atoms with van der Waals surface area (Å²) in [6.07, 6.45) is 7.52. The minimum absolute atomic E-state index is 0.252. The topological polar surface area (TPSA) is 20.2 Å². The molecule has 3 fully saturated rings. The van der Waals surface area contributed by atoms with E-state index in [9.17, 15) is 5.11 Å². The first-order valence-electron chi connectivity index (χ1n) is 6.98. The van der Waals surface area contributed by atoms with Gasteiger partial charge in [0.1, 0.15) is 0 Å². The summed E-state index contributed by atoms with van der Waals surface area (Å²) < 4.78 is 0. The lowest BCUT2D eigenvalue weighted by Crippen LogP contribution is -2.68. The monoisotopic (exact) mass is 222 g/mol. The highest BCUT2D eigenvalue weighted by Crippen LogP contribution is 2.79. The molecule has 0 aromatic heterocycles. The maximum absolute atomic E-state index is 10.9. The Balaban J connectivity index is 2.08. The number of hydrogen-bond acceptors (Lipinski definition) is 1. The molecule has 3 saturated carbocycles. The molecule has 0 bridgehead atoms. The largest absolute Gasteiger partial charge is 0.390 e. The van der Waals surface area contributed by atoms with Crippen LogP contribution in [0.1, 0.15) is 66.2 Å². The number of hydrogen-bond donors (Lipinski definition) is 1. The Hall–Kier alpha value is -0.0400. The quantitative estimate of drug-likeness (QED) is 0.662. The molecule has 1 heteroatoms. The summed E-state index contributed by atoms with van der Waals surface area (Å²) >= 11 is 0. The van der Waals surface area contributed by atoms with Crippen LogP contribution in [0.2, 0.25) is 0 Å². The van der Waals surface area contributed by atoms with Crippen LogP contribution < -0.4 is 0 Å². The highest BCUT2D eigenvalue weighted by molar-refractivity contribution is 5.24. The summed E-state index contributed by atoms with van der Waals surface area (Å²) in [5.41, 5.74) is 0.743. The predicted octanol–water partition coefficient (Wildman–Crippen LogP) is 3.75. The molecule has 1 N–H and O–H groups in total. The summed E-state index contributed by atoms with van der Waals surface area (Å²) in [5.74, 6) is 0.764. The number of rotatable bonds is 0. The van der Waals surface area contributed by atoms with Gasteiger partial charge in [-0.05, 0) is 55.8 Å². The Morgan fingerprint density at radius 1 is 1.00 bits per heavy atom. The molecule has 16 heavy (non-hydrogen) atoms. The highest BCUT2D eigenvalue weighted by atomic mass is 16.3. The van der Waals surface area contributed by atoms with E-state index in [1.54, 1.807) is 0 Å². The summed E-state index contributed by atoms with van der Waals surface area (Å²) in [5, 5.41) is 10.9. The fourth-order valence-corrected chi connectivity index (χ4v) is 6.07. The second-order valence-corrected chi connectivity index (χ2v) is 7.92. The van der Waals surface area contributed by atoms with E-state index >= 15 is 0 Å². The van der Waals surface area contributed by atoms with Gasteiger partial charge in [-0.25, -0.2) is 0 Å². The molecule has 0 saturated heterocycles. The van der Waals surface area contributed by atoms with Gasteiger partial charge in [0.25, 0.3) is 0 Å². The van der Waals surface area contributed by atoms with Crippen LogP contribution in [0, 0.1) is 22.2 Å². The van der Waals surface area contributed by atoms with Gasteiger partial charge in [-0.3, -0.25) is 0 Å². The average molecular weight is 222 g/mol. The van der Waals surface area contributed by atoms with E-state index in [2.05, 4.69) is 27.7 Å². The van der Waals surface area contributed by atoms with E-state index in [1.165, 1.54) is 32.1 Å². The molecule has 92 valence electrons. The van der Waals surface area contributed by atoms with Crippen LogP contribution in [0.4, 0.5) is 0 Å². The first-order chi connectivity index (χ1) is 7.25. The SMILES string of the molecule is CC1(C)CC23[C@H]1CC[C@@]2(C)CCCC3(C)O. The van der Waals surface area contributed by atoms with Gasteiger partial charge in [-0.15, -0.1) is 0 Å². The molecule has 3 rings (SSSR count). The maximum atomic E-state index is 10.9. The van der Waals surface area contributed by atoms with Gasteiger partial charge in [-0.1, -0.05) is 27.2 Å². The van der Waals surface area contributed by atoms with Gasteiger partial charge >= 0.3 is 0 Å². The molecule has 0 aromatic carbocycles. The van der Waals surface area contributed by atoms with Gasteiger partial charge in [0.15, 0.2) is 0 Å². The summed E-state index contributed by atoms with van der Waals surface area (Å²) in [6, 6.07) is 0. The molecule has 0 aromatic rings. The van der Waals surface area contributed by atoms with E-state index in [-0.39, 0.29) is 5.41 Å². The first-order valence-corrected chi connectivity index (χ1v) is 6.98. The lowest BCUT2D eigenvalue weighted by molar-refractivity contribution is -0.267.